The van der Waals surface area contributed by atoms with E-state index in [1.165, 1.54) is 18.7 Å². The number of fused-ring (bicyclic) bond motifs is 1. The van der Waals surface area contributed by atoms with Gasteiger partial charge < -0.3 is 20.3 Å². The number of nitrogens with zero attached hydrogens (tertiary/aromatic N) is 1. The molecule has 1 saturated heterocycles. The number of carboxylic acid groups (broad SMARTS) is 2. The van der Waals surface area contributed by atoms with E-state index in [0.717, 1.165) is 4.90 Å². The molecule has 152 valence electrons. The van der Waals surface area contributed by atoms with Crippen LogP contribution in [-0.4, -0.2) is 74.4 Å². The number of Topliss-reactive ketones (excluding diaryl/α,β-unsaturated/α-hetero) is 1. The van der Waals surface area contributed by atoms with Crippen LogP contribution in [-0.2, 0) is 33.5 Å². The van der Waals surface area contributed by atoms with E-state index in [0.29, 0.717) is 0 Å². The molecule has 1 unspecified atom stereocenters. The van der Waals surface area contributed by atoms with Crippen molar-refractivity contribution in [2.24, 2.45) is 0 Å². The Morgan fingerprint density at radius 1 is 1.21 bits per heavy atom. The van der Waals surface area contributed by atoms with Gasteiger partial charge in [-0.2, -0.15) is 0 Å². The molecule has 0 aromatic heterocycles. The van der Waals surface area contributed by atoms with E-state index in [9.17, 15) is 33.9 Å². The Morgan fingerprint density at radius 3 is 2.46 bits per heavy atom. The van der Waals surface area contributed by atoms with Crippen LogP contribution in [0.1, 0.15) is 26.2 Å². The van der Waals surface area contributed by atoms with E-state index in [1.807, 2.05) is 0 Å². The molecule has 0 bridgehead atoms. The standard InChI is InChI=1S/C16H18N2O9S/c1-7(19)27-5-8-6-28-14-11(13(22)18(14)12(8)16(25)26)17-10(21)4-2-3-9(20)15(23)24/h11,14H,2-6H2,1H3,(H,17,21)(H,23,24)(H,25,26)/t11?,14-/m1/s1. The van der Waals surface area contributed by atoms with Crippen LogP contribution in [0.15, 0.2) is 11.3 Å². The number of esters is 1. The molecule has 2 amide bonds. The lowest BCUT2D eigenvalue weighted by Crippen LogP contribution is -2.70. The number of carboxylic acids is 2. The summed E-state index contributed by atoms with van der Waals surface area (Å²) in [6.45, 7) is 0.944. The molecule has 2 aliphatic heterocycles. The highest BCUT2D eigenvalue weighted by molar-refractivity contribution is 8.00. The van der Waals surface area contributed by atoms with Crippen LogP contribution >= 0.6 is 11.8 Å². The van der Waals surface area contributed by atoms with Crippen LogP contribution < -0.4 is 5.32 Å². The number of aliphatic carboxylic acids is 2. The predicted octanol–water partition coefficient (Wildman–Crippen LogP) is -0.888. The molecular weight excluding hydrogens is 396 g/mol. The fraction of sp³-hybridized carbons (Fsp3) is 0.500. The molecule has 0 aromatic rings. The summed E-state index contributed by atoms with van der Waals surface area (Å²) < 4.78 is 4.83. The van der Waals surface area contributed by atoms with Gasteiger partial charge in [0, 0.05) is 31.1 Å². The molecular formula is C16H18N2O9S. The zero-order valence-electron chi connectivity index (χ0n) is 14.8. The number of β-lactam (4-membered cyclic amide) rings is 1. The number of ketones is 1. The molecule has 0 radical (unpaired) electrons. The summed E-state index contributed by atoms with van der Waals surface area (Å²) in [5.41, 5.74) is 0.0295. The first-order chi connectivity index (χ1) is 13.1. The maximum absolute atomic E-state index is 12.4. The van der Waals surface area contributed by atoms with Crippen LogP contribution in [0.3, 0.4) is 0 Å². The lowest BCUT2D eigenvalue weighted by molar-refractivity contribution is -0.151. The van der Waals surface area contributed by atoms with Gasteiger partial charge >= 0.3 is 17.9 Å². The number of carbonyl (C=O) groups is 6. The summed E-state index contributed by atoms with van der Waals surface area (Å²) in [7, 11) is 0. The Kier molecular flexibility index (Phi) is 6.78. The van der Waals surface area contributed by atoms with Crippen LogP contribution in [0.4, 0.5) is 0 Å². The van der Waals surface area contributed by atoms with Crippen molar-refractivity contribution in [2.45, 2.75) is 37.6 Å². The van der Waals surface area contributed by atoms with E-state index < -0.39 is 46.9 Å². The Bertz CT molecular complexity index is 776. The van der Waals surface area contributed by atoms with Crippen molar-refractivity contribution in [3.8, 4) is 0 Å². The first kappa shape index (κ1) is 21.4. The van der Waals surface area contributed by atoms with Gasteiger partial charge in [-0.25, -0.2) is 9.59 Å². The van der Waals surface area contributed by atoms with Crippen LogP contribution in [0.25, 0.3) is 0 Å². The maximum Gasteiger partial charge on any atom is 0.372 e. The molecule has 1 fully saturated rings. The number of hydrogen-bond donors (Lipinski definition) is 3. The summed E-state index contributed by atoms with van der Waals surface area (Å²) in [5, 5.41) is 19.8. The monoisotopic (exact) mass is 414 g/mol. The second-order valence-electron chi connectivity index (χ2n) is 6.07. The molecule has 11 nitrogen and oxygen atoms in total. The summed E-state index contributed by atoms with van der Waals surface area (Å²) in [4.78, 5) is 69.3. The highest BCUT2D eigenvalue weighted by atomic mass is 32.2. The molecule has 0 aromatic carbocycles. The van der Waals surface area contributed by atoms with Gasteiger partial charge in [-0.1, -0.05) is 0 Å². The molecule has 0 spiro atoms. The number of ether oxygens (including phenoxy) is 1. The lowest BCUT2D eigenvalue weighted by atomic mass is 10.0. The fourth-order valence-corrected chi connectivity index (χ4v) is 4.07. The highest BCUT2D eigenvalue weighted by Crippen LogP contribution is 2.40. The molecule has 0 saturated carbocycles. The van der Waals surface area contributed by atoms with Gasteiger partial charge in [-0.3, -0.25) is 24.1 Å². The summed E-state index contributed by atoms with van der Waals surface area (Å²) >= 11 is 1.23. The van der Waals surface area contributed by atoms with Crippen LogP contribution in [0.2, 0.25) is 0 Å². The smallest absolute Gasteiger partial charge is 0.372 e. The Balaban J connectivity index is 1.96. The van der Waals surface area contributed by atoms with Crippen molar-refractivity contribution in [1.29, 1.82) is 0 Å². The Labute approximate surface area is 163 Å². The number of rotatable bonds is 9. The van der Waals surface area contributed by atoms with Crippen molar-refractivity contribution in [3.05, 3.63) is 11.3 Å². The van der Waals surface area contributed by atoms with Crippen LogP contribution in [0.5, 0.6) is 0 Å². The molecule has 2 aliphatic rings. The average Bonchev–Trinajstić information content (AvgIpc) is 2.62. The first-order valence-electron chi connectivity index (χ1n) is 8.22. The molecule has 2 heterocycles. The average molecular weight is 414 g/mol. The van der Waals surface area contributed by atoms with E-state index in [-0.39, 0.29) is 42.9 Å². The topological polar surface area (TPSA) is 167 Å². The minimum Gasteiger partial charge on any atom is -0.477 e. The van der Waals surface area contributed by atoms with Gasteiger partial charge in [0.15, 0.2) is 0 Å². The van der Waals surface area contributed by atoms with Gasteiger partial charge in [0.05, 0.1) is 0 Å². The van der Waals surface area contributed by atoms with Gasteiger partial charge in [0.1, 0.15) is 23.7 Å². The molecule has 3 N–H and O–H groups in total. The number of carbonyl (C=O) groups excluding carboxylic acids is 4. The molecule has 28 heavy (non-hydrogen) atoms. The minimum atomic E-state index is -1.57. The van der Waals surface area contributed by atoms with Gasteiger partial charge in [-0.15, -0.1) is 11.8 Å². The van der Waals surface area contributed by atoms with Gasteiger partial charge in [-0.05, 0) is 6.42 Å². The van der Waals surface area contributed by atoms with Crippen molar-refractivity contribution < 1.29 is 43.7 Å². The third kappa shape index (κ3) is 4.68. The normalized spacial score (nSPS) is 20.8. The predicted molar refractivity (Wildman–Crippen MR) is 92.8 cm³/mol. The Morgan fingerprint density at radius 2 is 1.89 bits per heavy atom. The fourth-order valence-electron chi connectivity index (χ4n) is 2.75. The zero-order chi connectivity index (χ0) is 21.0. The Hall–Kier alpha value is -2.89. The first-order valence-corrected chi connectivity index (χ1v) is 9.27. The minimum absolute atomic E-state index is 0.0201. The van der Waals surface area contributed by atoms with Crippen molar-refractivity contribution in [1.82, 2.24) is 10.2 Å². The van der Waals surface area contributed by atoms with Crippen molar-refractivity contribution in [2.75, 3.05) is 12.4 Å². The van der Waals surface area contributed by atoms with E-state index >= 15 is 0 Å². The number of nitrogens with one attached hydrogen (secondary N) is 1. The second-order valence-corrected chi connectivity index (χ2v) is 7.18. The largest absolute Gasteiger partial charge is 0.477 e. The number of hydrogen-bond acceptors (Lipinski definition) is 8. The summed E-state index contributed by atoms with van der Waals surface area (Å²) in [5.74, 6) is -5.42. The lowest BCUT2D eigenvalue weighted by Gasteiger charge is -2.49. The van der Waals surface area contributed by atoms with Crippen molar-refractivity contribution in [3.63, 3.8) is 0 Å². The molecule has 12 heteroatoms. The molecule has 2 rings (SSSR count). The van der Waals surface area contributed by atoms with E-state index in [4.69, 9.17) is 9.84 Å². The third-order valence-corrected chi connectivity index (χ3v) is 5.40. The van der Waals surface area contributed by atoms with Gasteiger partial charge in [0.2, 0.25) is 11.7 Å². The second kappa shape index (κ2) is 8.87. The van der Waals surface area contributed by atoms with Crippen molar-refractivity contribution >= 4 is 47.3 Å². The van der Waals surface area contributed by atoms with Gasteiger partial charge in [0.25, 0.3) is 5.91 Å². The summed E-state index contributed by atoms with van der Waals surface area (Å²) in [6.07, 6.45) is -0.414. The van der Waals surface area contributed by atoms with E-state index in [1.54, 1.807) is 0 Å². The summed E-state index contributed by atoms with van der Waals surface area (Å²) in [6, 6.07) is -0.919. The number of amides is 2. The molecule has 0 aliphatic carbocycles. The SMILES string of the molecule is CC(=O)OCC1=C(C(=O)O)N2C(=O)C(NC(=O)CCCC(=O)C(=O)O)[C@H]2SC1. The van der Waals surface area contributed by atoms with Crippen LogP contribution in [0, 0.1) is 0 Å². The molecule has 2 atom stereocenters. The number of thioether (sulfide) groups is 1. The third-order valence-electron chi connectivity index (χ3n) is 4.06. The maximum atomic E-state index is 12.4. The quantitative estimate of drug-likeness (QED) is 0.245. The van der Waals surface area contributed by atoms with E-state index in [2.05, 4.69) is 5.32 Å². The zero-order valence-corrected chi connectivity index (χ0v) is 15.6. The highest BCUT2D eigenvalue weighted by Gasteiger charge is 2.54.